The van der Waals surface area contributed by atoms with Gasteiger partial charge in [-0.2, -0.15) is 5.26 Å². The number of likely N-dealkylation sites (N-methyl/N-ethyl adjacent to an activating group) is 1. The lowest BCUT2D eigenvalue weighted by Crippen LogP contribution is -2.44. The van der Waals surface area contributed by atoms with Crippen LogP contribution in [0.25, 0.3) is 11.8 Å². The lowest BCUT2D eigenvalue weighted by atomic mass is 10.3. The Bertz CT molecular complexity index is 1200. The summed E-state index contributed by atoms with van der Waals surface area (Å²) in [5.74, 6) is 0.0979. The van der Waals surface area contributed by atoms with E-state index in [0.29, 0.717) is 11.1 Å². The molecule has 0 bridgehead atoms. The lowest BCUT2D eigenvalue weighted by Gasteiger charge is -2.33. The molecule has 0 aliphatic carbocycles. The van der Waals surface area contributed by atoms with Gasteiger partial charge in [0.25, 0.3) is 5.56 Å². The number of hydrogen-bond donors (Lipinski definition) is 1. The van der Waals surface area contributed by atoms with E-state index in [0.717, 1.165) is 49.0 Å². The molecule has 2 aromatic rings. The van der Waals surface area contributed by atoms with Crippen molar-refractivity contribution < 1.29 is 9.53 Å². The van der Waals surface area contributed by atoms with Crippen molar-refractivity contribution >= 4 is 40.6 Å². The molecular formula is C22H26N6O3S. The third-order valence-electron chi connectivity index (χ3n) is 5.03. The molecular weight excluding hydrogens is 428 g/mol. The number of carbonyl (C=O) groups excluding carboxylic acids is 1. The summed E-state index contributed by atoms with van der Waals surface area (Å²) in [5.41, 5.74) is 0.315. The summed E-state index contributed by atoms with van der Waals surface area (Å²) >= 11 is 1.07. The van der Waals surface area contributed by atoms with Gasteiger partial charge in [0.15, 0.2) is 5.57 Å². The Morgan fingerprint density at radius 3 is 2.81 bits per heavy atom. The van der Waals surface area contributed by atoms with Crippen molar-refractivity contribution in [1.82, 2.24) is 14.5 Å². The molecule has 1 aliphatic rings. The largest absolute Gasteiger partial charge is 0.457 e. The number of pyridine rings is 1. The molecule has 1 N–H and O–H groups in total. The molecule has 1 saturated heterocycles. The van der Waals surface area contributed by atoms with Crippen LogP contribution in [0.3, 0.4) is 0 Å². The number of piperazine rings is 1. The molecule has 2 aromatic heterocycles. The molecule has 0 saturated carbocycles. The monoisotopic (exact) mass is 454 g/mol. The van der Waals surface area contributed by atoms with Crippen molar-refractivity contribution in [3.8, 4) is 6.07 Å². The summed E-state index contributed by atoms with van der Waals surface area (Å²) in [7, 11) is 2.10. The zero-order chi connectivity index (χ0) is 23.1. The summed E-state index contributed by atoms with van der Waals surface area (Å²) in [4.78, 5) is 34.0. The molecule has 0 unspecified atom stereocenters. The second kappa shape index (κ2) is 10.7. The van der Waals surface area contributed by atoms with Gasteiger partial charge in [0.05, 0.1) is 0 Å². The molecule has 168 valence electrons. The predicted molar refractivity (Wildman–Crippen MR) is 126 cm³/mol. The molecule has 3 rings (SSSR count). The Kier molecular flexibility index (Phi) is 7.81. The summed E-state index contributed by atoms with van der Waals surface area (Å²) in [5, 5.41) is 12.6. The average Bonchev–Trinajstić information content (AvgIpc) is 3.12. The van der Waals surface area contributed by atoms with Gasteiger partial charge < -0.3 is 19.9 Å². The van der Waals surface area contributed by atoms with Gasteiger partial charge in [-0.25, -0.2) is 9.78 Å². The highest BCUT2D eigenvalue weighted by atomic mass is 32.1. The molecule has 3 heterocycles. The van der Waals surface area contributed by atoms with Crippen molar-refractivity contribution in [2.24, 2.45) is 0 Å². The first-order valence-electron chi connectivity index (χ1n) is 10.3. The topological polar surface area (TPSA) is 103 Å². The highest BCUT2D eigenvalue weighted by Gasteiger charge is 2.17. The first-order valence-corrected chi connectivity index (χ1v) is 11.1. The molecule has 1 fully saturated rings. The zero-order valence-corrected chi connectivity index (χ0v) is 19.0. The van der Waals surface area contributed by atoms with Crippen molar-refractivity contribution in [2.75, 3.05) is 50.1 Å². The normalized spacial score (nSPS) is 15.8. The summed E-state index contributed by atoms with van der Waals surface area (Å²) in [6.45, 7) is 9.35. The summed E-state index contributed by atoms with van der Waals surface area (Å²) < 4.78 is 7.04. The minimum atomic E-state index is -0.777. The Balaban J connectivity index is 1.92. The maximum absolute atomic E-state index is 12.8. The van der Waals surface area contributed by atoms with Crippen LogP contribution in [0, 0.1) is 11.3 Å². The summed E-state index contributed by atoms with van der Waals surface area (Å²) in [6, 6.07) is 5.63. The van der Waals surface area contributed by atoms with E-state index in [-0.39, 0.29) is 22.4 Å². The van der Waals surface area contributed by atoms with Gasteiger partial charge in [0, 0.05) is 56.9 Å². The van der Waals surface area contributed by atoms with E-state index >= 15 is 0 Å². The van der Waals surface area contributed by atoms with E-state index in [1.54, 1.807) is 19.3 Å². The van der Waals surface area contributed by atoms with Crippen molar-refractivity contribution in [3.05, 3.63) is 50.5 Å². The van der Waals surface area contributed by atoms with E-state index in [4.69, 9.17) is 4.74 Å². The molecule has 0 spiro atoms. The van der Waals surface area contributed by atoms with Crippen LogP contribution in [-0.4, -0.2) is 60.3 Å². The highest BCUT2D eigenvalue weighted by Crippen LogP contribution is 2.17. The Morgan fingerprint density at radius 1 is 1.41 bits per heavy atom. The molecule has 0 aromatic carbocycles. The number of anilines is 2. The first-order chi connectivity index (χ1) is 15.5. The standard InChI is InChI=1S/C22H26N6O3S/c1-4-12-31-22(30)17(14-23)21-28(5-2)20(29)18(32-21)15-25-16-6-7-24-19(13-16)27-10-8-26(3)9-11-27/h4,6-7,13,15H,1,5,8-12H2,2-3H3,(H,24,25). The number of rotatable bonds is 7. The van der Waals surface area contributed by atoms with Gasteiger partial charge in [-0.1, -0.05) is 12.7 Å². The SMILES string of the molecule is C=CCOC(=O)C(C#N)=c1sc(=CNc2ccnc(N3CCN(C)CC3)c2)c(=O)n1CC. The first kappa shape index (κ1) is 23.2. The van der Waals surface area contributed by atoms with Crippen molar-refractivity contribution in [2.45, 2.75) is 13.5 Å². The van der Waals surface area contributed by atoms with Crippen LogP contribution in [0.2, 0.25) is 0 Å². The molecule has 0 amide bonds. The van der Waals surface area contributed by atoms with Crippen LogP contribution in [0.15, 0.2) is 35.8 Å². The maximum Gasteiger partial charge on any atom is 0.352 e. The Hall–Kier alpha value is -3.42. The van der Waals surface area contributed by atoms with E-state index in [9.17, 15) is 14.9 Å². The van der Waals surface area contributed by atoms with Crippen LogP contribution in [0.5, 0.6) is 0 Å². The average molecular weight is 455 g/mol. The molecule has 9 nitrogen and oxygen atoms in total. The highest BCUT2D eigenvalue weighted by molar-refractivity contribution is 7.07. The minimum Gasteiger partial charge on any atom is -0.457 e. The number of aromatic nitrogens is 2. The fourth-order valence-corrected chi connectivity index (χ4v) is 4.32. The molecule has 0 atom stereocenters. The number of nitrogens with one attached hydrogen (secondary N) is 1. The smallest absolute Gasteiger partial charge is 0.352 e. The van der Waals surface area contributed by atoms with E-state index in [2.05, 4.69) is 33.7 Å². The number of hydrogen-bond acceptors (Lipinski definition) is 9. The lowest BCUT2D eigenvalue weighted by molar-refractivity contribution is -0.135. The van der Waals surface area contributed by atoms with Crippen molar-refractivity contribution in [3.63, 3.8) is 0 Å². The van der Waals surface area contributed by atoms with Crippen LogP contribution in [-0.2, 0) is 16.1 Å². The van der Waals surface area contributed by atoms with E-state index < -0.39 is 5.97 Å². The minimum absolute atomic E-state index is 0.00996. The van der Waals surface area contributed by atoms with Crippen LogP contribution >= 0.6 is 11.3 Å². The summed E-state index contributed by atoms with van der Waals surface area (Å²) in [6.07, 6.45) is 4.74. The maximum atomic E-state index is 12.8. The van der Waals surface area contributed by atoms with E-state index in [1.165, 1.54) is 10.6 Å². The van der Waals surface area contributed by atoms with Crippen LogP contribution < -0.4 is 25.0 Å². The molecule has 32 heavy (non-hydrogen) atoms. The van der Waals surface area contributed by atoms with Crippen LogP contribution in [0.1, 0.15) is 6.92 Å². The van der Waals surface area contributed by atoms with Crippen molar-refractivity contribution in [1.29, 1.82) is 5.26 Å². The van der Waals surface area contributed by atoms with Gasteiger partial charge in [-0.15, -0.1) is 11.3 Å². The number of nitrogens with zero attached hydrogens (tertiary/aromatic N) is 5. The quantitative estimate of drug-likeness (QED) is 0.472. The van der Waals surface area contributed by atoms with Gasteiger partial charge in [0.2, 0.25) is 0 Å². The van der Waals surface area contributed by atoms with Gasteiger partial charge in [-0.3, -0.25) is 9.36 Å². The number of ether oxygens (including phenoxy) is 1. The predicted octanol–water partition coefficient (Wildman–Crippen LogP) is 0.330. The van der Waals surface area contributed by atoms with E-state index in [1.807, 2.05) is 18.2 Å². The van der Waals surface area contributed by atoms with Crippen LogP contribution in [0.4, 0.5) is 11.5 Å². The van der Waals surface area contributed by atoms with Gasteiger partial charge in [0.1, 0.15) is 27.7 Å². The third kappa shape index (κ3) is 5.25. The molecule has 10 heteroatoms. The molecule has 0 radical (unpaired) electrons. The fraction of sp³-hybridized carbons (Fsp3) is 0.364. The number of thiazole rings is 1. The Morgan fingerprint density at radius 2 is 2.16 bits per heavy atom. The number of carbonyl (C=O) groups is 1. The number of esters is 1. The fourth-order valence-electron chi connectivity index (χ4n) is 3.25. The molecule has 1 aliphatic heterocycles. The second-order valence-corrected chi connectivity index (χ2v) is 8.21. The Labute approximate surface area is 190 Å². The third-order valence-corrected chi connectivity index (χ3v) is 6.16. The second-order valence-electron chi connectivity index (χ2n) is 7.18. The van der Waals surface area contributed by atoms with Gasteiger partial charge >= 0.3 is 5.97 Å². The van der Waals surface area contributed by atoms with Gasteiger partial charge in [-0.05, 0) is 20.0 Å². The zero-order valence-electron chi connectivity index (χ0n) is 18.2. The number of nitriles is 1.